The molecule has 0 aromatic heterocycles. The van der Waals surface area contributed by atoms with E-state index in [2.05, 4.69) is 10.6 Å². The summed E-state index contributed by atoms with van der Waals surface area (Å²) in [4.78, 5) is 106. The maximum atomic E-state index is 15.1. The van der Waals surface area contributed by atoms with Crippen molar-refractivity contribution in [3.8, 4) is 0 Å². The number of hydrogen-bond acceptors (Lipinski definition) is 9. The summed E-state index contributed by atoms with van der Waals surface area (Å²) in [6.07, 6.45) is 0.668. The summed E-state index contributed by atoms with van der Waals surface area (Å²) in [6.45, 7) is 6.74. The minimum Gasteiger partial charge on any atom is -0.477 e. The zero-order valence-electron chi connectivity index (χ0n) is 34.8. The van der Waals surface area contributed by atoms with Crippen LogP contribution in [-0.2, 0) is 33.5 Å². The molecule has 2 aromatic rings. The summed E-state index contributed by atoms with van der Waals surface area (Å²) in [6, 6.07) is 1.92. The predicted molar refractivity (Wildman–Crippen MR) is 215 cm³/mol. The molecular formula is C43H51ClF4N4O10. The number of nitrogens with zero attached hydrogens (tertiary/aromatic N) is 1. The van der Waals surface area contributed by atoms with E-state index in [1.165, 1.54) is 12.1 Å². The molecule has 1 aliphatic carbocycles. The second kappa shape index (κ2) is 21.2. The molecule has 338 valence electrons. The maximum absolute atomic E-state index is 15.1. The standard InChI is InChI=1S/C43H51ClF4N4O10/c1-5-10-23(38(56)27(53)15-16-29(55)50-36(39(49)57)22-13-9-14-24(44)17-22)18-28(54)26-19-25(62-43(2,3)4)20-52(26)41(59)37(21-11-7-6-8-12-21)51-40(58)30-32(45)34(47)31(42(60)61)35(48)33(30)46/h9,13-14,17,21,23,25-26,36-37H,5-8,10-12,15-16,18-20H2,1-4H3,(H2,49,57)(H,50,55)(H,51,58)(H,60,61)/t23?,25-,26+,36?,37+/m1/s1. The molecular weight excluding hydrogens is 844 g/mol. The largest absolute Gasteiger partial charge is 0.477 e. The fourth-order valence-corrected chi connectivity index (χ4v) is 8.26. The summed E-state index contributed by atoms with van der Waals surface area (Å²) < 4.78 is 65.6. The first-order valence-electron chi connectivity index (χ1n) is 20.4. The first kappa shape index (κ1) is 49.4. The lowest BCUT2D eigenvalue weighted by atomic mass is 9.82. The van der Waals surface area contributed by atoms with Gasteiger partial charge >= 0.3 is 5.97 Å². The van der Waals surface area contributed by atoms with Gasteiger partial charge in [0.15, 0.2) is 34.8 Å². The van der Waals surface area contributed by atoms with Crippen LogP contribution in [0.3, 0.4) is 0 Å². The lowest BCUT2D eigenvalue weighted by Crippen LogP contribution is -2.55. The van der Waals surface area contributed by atoms with Crippen LogP contribution in [0, 0.1) is 35.1 Å². The van der Waals surface area contributed by atoms with Gasteiger partial charge in [-0.3, -0.25) is 33.6 Å². The minimum atomic E-state index is -2.32. The average molecular weight is 895 g/mol. The number of benzene rings is 2. The average Bonchev–Trinajstić information content (AvgIpc) is 3.62. The van der Waals surface area contributed by atoms with E-state index in [0.717, 1.165) is 11.3 Å². The van der Waals surface area contributed by atoms with Crippen LogP contribution in [0.2, 0.25) is 5.02 Å². The van der Waals surface area contributed by atoms with Crippen molar-refractivity contribution in [3.63, 3.8) is 0 Å². The number of rotatable bonds is 19. The molecule has 0 spiro atoms. The Morgan fingerprint density at radius 1 is 0.919 bits per heavy atom. The number of amides is 4. The third-order valence-corrected chi connectivity index (χ3v) is 11.1. The Bertz CT molecular complexity index is 2060. The number of Topliss-reactive ketones (excluding diaryl/α,β-unsaturated/α-hetero) is 3. The Morgan fingerprint density at radius 3 is 2.08 bits per heavy atom. The fraction of sp³-hybridized carbons (Fsp3) is 0.535. The zero-order chi connectivity index (χ0) is 46.2. The van der Waals surface area contributed by atoms with Crippen LogP contribution in [0.5, 0.6) is 0 Å². The van der Waals surface area contributed by atoms with Gasteiger partial charge in [-0.25, -0.2) is 22.4 Å². The Morgan fingerprint density at radius 2 is 1.53 bits per heavy atom. The van der Waals surface area contributed by atoms with Gasteiger partial charge in [-0.15, -0.1) is 0 Å². The highest BCUT2D eigenvalue weighted by Gasteiger charge is 2.46. The number of primary amides is 1. The van der Waals surface area contributed by atoms with Crippen molar-refractivity contribution in [2.45, 2.75) is 128 Å². The van der Waals surface area contributed by atoms with Crippen molar-refractivity contribution in [2.75, 3.05) is 6.54 Å². The van der Waals surface area contributed by atoms with Crippen LogP contribution >= 0.6 is 11.6 Å². The highest BCUT2D eigenvalue weighted by atomic mass is 35.5. The van der Waals surface area contributed by atoms with Crippen LogP contribution in [0.1, 0.15) is 131 Å². The number of likely N-dealkylation sites (tertiary alicyclic amines) is 1. The van der Waals surface area contributed by atoms with Crippen molar-refractivity contribution in [3.05, 3.63) is 69.2 Å². The summed E-state index contributed by atoms with van der Waals surface area (Å²) >= 11 is 6.00. The van der Waals surface area contributed by atoms with Crippen LogP contribution in [-0.4, -0.2) is 87.3 Å². The van der Waals surface area contributed by atoms with E-state index < -0.39 is 142 Å². The number of halogens is 5. The van der Waals surface area contributed by atoms with Gasteiger partial charge in [-0.2, -0.15) is 0 Å². The van der Waals surface area contributed by atoms with Gasteiger partial charge in [0, 0.05) is 43.2 Å². The van der Waals surface area contributed by atoms with Crippen LogP contribution in [0.25, 0.3) is 0 Å². The number of nitrogens with two attached hydrogens (primary N) is 1. The number of hydrogen-bond donors (Lipinski definition) is 4. The van der Waals surface area contributed by atoms with E-state index in [-0.39, 0.29) is 24.4 Å². The molecule has 5 N–H and O–H groups in total. The van der Waals surface area contributed by atoms with Gasteiger partial charge in [0.2, 0.25) is 23.5 Å². The molecule has 5 atom stereocenters. The second-order valence-corrected chi connectivity index (χ2v) is 17.1. The highest BCUT2D eigenvalue weighted by molar-refractivity contribution is 6.38. The van der Waals surface area contributed by atoms with Gasteiger partial charge in [-0.1, -0.05) is 56.3 Å². The molecule has 1 saturated carbocycles. The van der Waals surface area contributed by atoms with Crippen molar-refractivity contribution >= 4 is 58.5 Å². The van der Waals surface area contributed by atoms with Crippen LogP contribution in [0.4, 0.5) is 17.6 Å². The number of carboxylic acid groups (broad SMARTS) is 1. The number of carboxylic acids is 1. The number of aromatic carboxylic acids is 1. The third-order valence-electron chi connectivity index (χ3n) is 10.9. The summed E-state index contributed by atoms with van der Waals surface area (Å²) in [7, 11) is 0. The molecule has 1 heterocycles. The normalized spacial score (nSPS) is 18.4. The highest BCUT2D eigenvalue weighted by Crippen LogP contribution is 2.33. The summed E-state index contributed by atoms with van der Waals surface area (Å²) in [5.41, 5.74) is 1.27. The maximum Gasteiger partial charge on any atom is 0.341 e. The number of carbonyl (C=O) groups is 8. The lowest BCUT2D eigenvalue weighted by molar-refractivity contribution is -0.143. The molecule has 62 heavy (non-hydrogen) atoms. The molecule has 4 amide bonds. The first-order valence-corrected chi connectivity index (χ1v) is 20.8. The van der Waals surface area contributed by atoms with Crippen molar-refractivity contribution < 1.29 is 65.8 Å². The predicted octanol–water partition coefficient (Wildman–Crippen LogP) is 5.69. The zero-order valence-corrected chi connectivity index (χ0v) is 35.6. The van der Waals surface area contributed by atoms with Gasteiger partial charge in [0.1, 0.15) is 23.2 Å². The van der Waals surface area contributed by atoms with E-state index in [1.54, 1.807) is 39.8 Å². The molecule has 0 radical (unpaired) electrons. The fourth-order valence-electron chi connectivity index (χ4n) is 8.06. The monoisotopic (exact) mass is 894 g/mol. The van der Waals surface area contributed by atoms with Crippen LogP contribution < -0.4 is 16.4 Å². The van der Waals surface area contributed by atoms with Gasteiger partial charge in [0.25, 0.3) is 5.91 Å². The van der Waals surface area contributed by atoms with E-state index in [0.29, 0.717) is 37.7 Å². The lowest BCUT2D eigenvalue weighted by Gasteiger charge is -2.35. The van der Waals surface area contributed by atoms with E-state index >= 15 is 8.78 Å². The molecule has 1 aliphatic heterocycles. The van der Waals surface area contributed by atoms with E-state index in [9.17, 15) is 47.1 Å². The molecule has 2 fully saturated rings. The number of ether oxygens (including phenoxy) is 1. The molecule has 4 rings (SSSR count). The Kier molecular flexibility index (Phi) is 16.9. The summed E-state index contributed by atoms with van der Waals surface area (Å²) in [5.74, 6) is -20.2. The number of nitrogens with one attached hydrogen (secondary N) is 2. The summed E-state index contributed by atoms with van der Waals surface area (Å²) in [5, 5.41) is 14.0. The Balaban J connectivity index is 1.57. The molecule has 14 nitrogen and oxygen atoms in total. The quantitative estimate of drug-likeness (QED) is 0.0767. The molecule has 19 heteroatoms. The Labute approximate surface area is 360 Å². The van der Waals surface area contributed by atoms with Crippen LogP contribution in [0.15, 0.2) is 24.3 Å². The van der Waals surface area contributed by atoms with Crippen molar-refractivity contribution in [1.82, 2.24) is 15.5 Å². The molecule has 0 bridgehead atoms. The van der Waals surface area contributed by atoms with Gasteiger partial charge in [0.05, 0.1) is 17.7 Å². The van der Waals surface area contributed by atoms with Crippen molar-refractivity contribution in [1.29, 1.82) is 0 Å². The van der Waals surface area contributed by atoms with E-state index in [4.69, 9.17) is 27.2 Å². The smallest absolute Gasteiger partial charge is 0.341 e. The number of ketones is 3. The third kappa shape index (κ3) is 12.2. The molecule has 2 aliphatic rings. The van der Waals surface area contributed by atoms with E-state index in [1.807, 2.05) is 0 Å². The minimum absolute atomic E-state index is 0.0711. The Hall–Kier alpha value is -5.23. The van der Waals surface area contributed by atoms with Crippen molar-refractivity contribution in [2.24, 2.45) is 17.6 Å². The topological polar surface area (TPSA) is 219 Å². The molecule has 2 aromatic carbocycles. The van der Waals surface area contributed by atoms with Gasteiger partial charge < -0.3 is 31.1 Å². The first-order chi connectivity index (χ1) is 29.1. The molecule has 2 unspecified atom stereocenters. The molecule has 1 saturated heterocycles. The SMILES string of the molecule is CCCC(CC(=O)[C@@H]1C[C@@H](OC(C)(C)C)CN1C(=O)[C@@H](NC(=O)c1c(F)c(F)c(C(=O)O)c(F)c1F)C1CCCCC1)C(=O)C(=O)CCC(=O)NC(C(N)=O)c1cccc(Cl)c1. The van der Waals surface area contributed by atoms with Gasteiger partial charge in [-0.05, 0) is 63.6 Å². The second-order valence-electron chi connectivity index (χ2n) is 16.7. The number of carbonyl (C=O) groups excluding carboxylic acids is 7.